The Morgan fingerprint density at radius 2 is 1.85 bits per heavy atom. The highest BCUT2D eigenvalue weighted by atomic mass is 32.2. The van der Waals surface area contributed by atoms with E-state index in [9.17, 15) is 18.0 Å². The molecule has 0 unspecified atom stereocenters. The third kappa shape index (κ3) is 2.06. The van der Waals surface area contributed by atoms with Crippen molar-refractivity contribution in [2.24, 2.45) is 0 Å². The van der Waals surface area contributed by atoms with E-state index in [0.29, 0.717) is 5.56 Å². The summed E-state index contributed by atoms with van der Waals surface area (Å²) in [6.45, 7) is 4.85. The van der Waals surface area contributed by atoms with Gasteiger partial charge < -0.3 is 4.74 Å². The van der Waals surface area contributed by atoms with Gasteiger partial charge in [-0.2, -0.15) is 0 Å². The number of ether oxygens (including phenoxy) is 1. The Bertz CT molecular complexity index is 741. The fourth-order valence-electron chi connectivity index (χ4n) is 2.18. The molecule has 1 aromatic carbocycles. The highest BCUT2D eigenvalue weighted by Crippen LogP contribution is 2.39. The maximum Gasteiger partial charge on any atom is 0.380 e. The van der Waals surface area contributed by atoms with E-state index in [1.54, 1.807) is 26.0 Å². The summed E-state index contributed by atoms with van der Waals surface area (Å²) in [6.07, 6.45) is 0. The van der Waals surface area contributed by atoms with Crippen molar-refractivity contribution in [2.75, 3.05) is 6.61 Å². The van der Waals surface area contributed by atoms with Gasteiger partial charge in [0.2, 0.25) is 9.84 Å². The van der Waals surface area contributed by atoms with Gasteiger partial charge >= 0.3 is 5.97 Å². The molecular formula is C14H14O5S. The first-order chi connectivity index (χ1) is 9.30. The highest BCUT2D eigenvalue weighted by Gasteiger charge is 2.40. The first-order valence-electron chi connectivity index (χ1n) is 6.09. The average Bonchev–Trinajstić information content (AvgIpc) is 2.56. The number of esters is 1. The lowest BCUT2D eigenvalue weighted by atomic mass is 10.0. The molecule has 1 heterocycles. The Kier molecular flexibility index (Phi) is 3.52. The number of Topliss-reactive ketones (excluding diaryl/α,β-unsaturated/α-hetero) is 1. The second kappa shape index (κ2) is 4.86. The second-order valence-electron chi connectivity index (χ2n) is 4.51. The van der Waals surface area contributed by atoms with Gasteiger partial charge in [-0.1, -0.05) is 12.1 Å². The van der Waals surface area contributed by atoms with Crippen molar-refractivity contribution in [2.45, 2.75) is 25.7 Å². The van der Waals surface area contributed by atoms with Crippen LogP contribution in [-0.2, 0) is 24.2 Å². The lowest BCUT2D eigenvalue weighted by Gasteiger charge is -2.03. The predicted octanol–water partition coefficient (Wildman–Crippen LogP) is 1.65. The van der Waals surface area contributed by atoms with Crippen LogP contribution < -0.4 is 0 Å². The second-order valence-corrected chi connectivity index (χ2v) is 6.36. The van der Waals surface area contributed by atoms with Crippen molar-refractivity contribution in [3.8, 4) is 0 Å². The van der Waals surface area contributed by atoms with Crippen molar-refractivity contribution in [3.05, 3.63) is 34.2 Å². The van der Waals surface area contributed by atoms with Gasteiger partial charge in [-0.3, -0.25) is 4.79 Å². The van der Waals surface area contributed by atoms with Crippen molar-refractivity contribution in [3.63, 3.8) is 0 Å². The van der Waals surface area contributed by atoms with E-state index >= 15 is 0 Å². The lowest BCUT2D eigenvalue weighted by molar-refractivity contribution is -0.151. The number of ketones is 1. The van der Waals surface area contributed by atoms with Gasteiger partial charge in [0, 0.05) is 0 Å². The Morgan fingerprint density at radius 3 is 2.45 bits per heavy atom. The number of aryl methyl sites for hydroxylation is 1. The van der Waals surface area contributed by atoms with Crippen LogP contribution in [0.25, 0.3) is 5.57 Å². The molecular weight excluding hydrogens is 280 g/mol. The summed E-state index contributed by atoms with van der Waals surface area (Å²) in [6, 6.07) is 4.90. The molecule has 0 atom stereocenters. The van der Waals surface area contributed by atoms with Crippen molar-refractivity contribution in [1.82, 2.24) is 0 Å². The van der Waals surface area contributed by atoms with E-state index in [0.717, 1.165) is 5.56 Å². The molecule has 0 saturated carbocycles. The molecule has 106 valence electrons. The van der Waals surface area contributed by atoms with E-state index in [-0.39, 0.29) is 17.1 Å². The zero-order valence-electron chi connectivity index (χ0n) is 11.4. The Balaban J connectivity index is 2.60. The fourth-order valence-corrected chi connectivity index (χ4v) is 4.09. The lowest BCUT2D eigenvalue weighted by Crippen LogP contribution is -2.23. The molecule has 0 spiro atoms. The molecule has 1 aromatic rings. The zero-order valence-corrected chi connectivity index (χ0v) is 12.2. The molecule has 0 bridgehead atoms. The van der Waals surface area contributed by atoms with Crippen LogP contribution in [0, 0.1) is 6.92 Å². The number of hydrogen-bond donors (Lipinski definition) is 0. The summed E-state index contributed by atoms with van der Waals surface area (Å²) < 4.78 is 29.4. The summed E-state index contributed by atoms with van der Waals surface area (Å²) in [5.41, 5.74) is 1.52. The van der Waals surface area contributed by atoms with Gasteiger partial charge in [0.25, 0.3) is 5.78 Å². The molecule has 1 aliphatic heterocycles. The van der Waals surface area contributed by atoms with Crippen molar-refractivity contribution < 1.29 is 22.7 Å². The molecule has 2 rings (SSSR count). The van der Waals surface area contributed by atoms with E-state index in [1.807, 2.05) is 0 Å². The third-order valence-electron chi connectivity index (χ3n) is 3.11. The van der Waals surface area contributed by atoms with Crippen molar-refractivity contribution in [1.29, 1.82) is 0 Å². The smallest absolute Gasteiger partial charge is 0.380 e. The molecule has 0 radical (unpaired) electrons. The molecule has 0 aromatic heterocycles. The number of sulfone groups is 1. The Hall–Kier alpha value is -1.95. The van der Waals surface area contributed by atoms with Gasteiger partial charge in [-0.25, -0.2) is 13.2 Å². The minimum atomic E-state index is -3.95. The van der Waals surface area contributed by atoms with Crippen molar-refractivity contribution >= 4 is 27.2 Å². The van der Waals surface area contributed by atoms with E-state index < -0.39 is 26.5 Å². The number of hydrogen-bond acceptors (Lipinski definition) is 5. The van der Waals surface area contributed by atoms with Crippen LogP contribution >= 0.6 is 0 Å². The summed E-state index contributed by atoms with van der Waals surface area (Å²) in [5, 5.41) is 0. The standard InChI is InChI=1S/C14H14O5S/c1-4-19-14(16)12(15)13-9(3)10-6-5-8(2)7-11(10)20(13,17)18/h5-7H,4H2,1-3H3. The van der Waals surface area contributed by atoms with Crippen LogP contribution in [0.15, 0.2) is 28.0 Å². The number of carbonyl (C=O) groups is 2. The molecule has 0 aliphatic carbocycles. The number of allylic oxidation sites excluding steroid dienone is 1. The first-order valence-corrected chi connectivity index (χ1v) is 7.57. The van der Waals surface area contributed by atoms with Crippen LogP contribution in [0.2, 0.25) is 0 Å². The molecule has 0 saturated heterocycles. The zero-order chi connectivity index (χ0) is 15.1. The molecule has 0 amide bonds. The predicted molar refractivity (Wildman–Crippen MR) is 72.6 cm³/mol. The molecule has 0 N–H and O–H groups in total. The number of carbonyl (C=O) groups excluding carboxylic acids is 2. The molecule has 0 fully saturated rings. The summed E-state index contributed by atoms with van der Waals surface area (Å²) in [7, 11) is -3.95. The molecule has 1 aliphatic rings. The molecule has 6 heteroatoms. The van der Waals surface area contributed by atoms with Gasteiger partial charge in [0.15, 0.2) is 0 Å². The van der Waals surface area contributed by atoms with Crippen LogP contribution in [0.5, 0.6) is 0 Å². The minimum absolute atomic E-state index is 0.0169. The largest absolute Gasteiger partial charge is 0.460 e. The van der Waals surface area contributed by atoms with E-state index in [2.05, 4.69) is 4.74 Å². The number of fused-ring (bicyclic) bond motifs is 1. The maximum atomic E-state index is 12.4. The van der Waals surface area contributed by atoms with Gasteiger partial charge in [-0.15, -0.1) is 0 Å². The van der Waals surface area contributed by atoms with Crippen LogP contribution in [0.3, 0.4) is 0 Å². The van der Waals surface area contributed by atoms with Gasteiger partial charge in [-0.05, 0) is 43.5 Å². The fraction of sp³-hybridized carbons (Fsp3) is 0.286. The summed E-state index contributed by atoms with van der Waals surface area (Å²) >= 11 is 0. The number of benzene rings is 1. The van der Waals surface area contributed by atoms with E-state index in [4.69, 9.17) is 0 Å². The SMILES string of the molecule is CCOC(=O)C(=O)C1=C(C)c2ccc(C)cc2S1(=O)=O. The average molecular weight is 294 g/mol. The summed E-state index contributed by atoms with van der Waals surface area (Å²) in [4.78, 5) is 23.1. The monoisotopic (exact) mass is 294 g/mol. The minimum Gasteiger partial charge on any atom is -0.460 e. The Labute approximate surface area is 117 Å². The van der Waals surface area contributed by atoms with Gasteiger partial charge in [0.05, 0.1) is 11.5 Å². The first kappa shape index (κ1) is 14.5. The molecule has 5 nitrogen and oxygen atoms in total. The van der Waals surface area contributed by atoms with Crippen LogP contribution in [-0.4, -0.2) is 26.8 Å². The maximum absolute atomic E-state index is 12.4. The number of rotatable bonds is 3. The summed E-state index contributed by atoms with van der Waals surface area (Å²) in [5.74, 6) is -2.26. The topological polar surface area (TPSA) is 77.5 Å². The van der Waals surface area contributed by atoms with Crippen LogP contribution in [0.1, 0.15) is 25.0 Å². The van der Waals surface area contributed by atoms with Crippen LogP contribution in [0.4, 0.5) is 0 Å². The highest BCUT2D eigenvalue weighted by molar-refractivity contribution is 7.97. The normalized spacial score (nSPS) is 15.9. The van der Waals surface area contributed by atoms with Gasteiger partial charge in [0.1, 0.15) is 4.91 Å². The molecule has 20 heavy (non-hydrogen) atoms. The van der Waals surface area contributed by atoms with E-state index in [1.165, 1.54) is 13.0 Å². The quantitative estimate of drug-likeness (QED) is 0.625. The third-order valence-corrected chi connectivity index (χ3v) is 5.05. The Morgan fingerprint density at radius 1 is 1.20 bits per heavy atom.